The van der Waals surface area contributed by atoms with Crippen LogP contribution in [0.1, 0.15) is 18.4 Å². The maximum Gasteiger partial charge on any atom is 0.233 e. The monoisotopic (exact) mass is 344 g/mol. The van der Waals surface area contributed by atoms with E-state index in [0.29, 0.717) is 13.1 Å². The Labute approximate surface area is 144 Å². The molecular formula is C16H16N4OS2. The zero-order chi connectivity index (χ0) is 16.5. The fourth-order valence-electron chi connectivity index (χ4n) is 2.03. The zero-order valence-electron chi connectivity index (χ0n) is 12.6. The second kappa shape index (κ2) is 9.24. The average molecular weight is 344 g/mol. The number of nitriles is 2. The number of aliphatic imine (C=N–C) groups is 1. The number of carbonyl (C=O) groups excluding carboxylic acids is 1. The average Bonchev–Trinajstić information content (AvgIpc) is 2.59. The van der Waals surface area contributed by atoms with Crippen LogP contribution >= 0.6 is 23.5 Å². The Bertz CT molecular complexity index is 657. The van der Waals surface area contributed by atoms with Crippen LogP contribution in [0.25, 0.3) is 0 Å². The summed E-state index contributed by atoms with van der Waals surface area (Å²) in [6.45, 7) is 0.750. The highest BCUT2D eigenvalue weighted by Gasteiger charge is 2.17. The summed E-state index contributed by atoms with van der Waals surface area (Å²) < 4.78 is 0.887. The summed E-state index contributed by atoms with van der Waals surface area (Å²) in [5, 5.41) is 17.3. The Hall–Kier alpha value is -1.96. The van der Waals surface area contributed by atoms with Gasteiger partial charge in [0.05, 0.1) is 36.4 Å². The molecule has 0 radical (unpaired) electrons. The van der Waals surface area contributed by atoms with Crippen molar-refractivity contribution in [3.05, 3.63) is 29.8 Å². The van der Waals surface area contributed by atoms with Gasteiger partial charge in [0.25, 0.3) is 0 Å². The maximum absolute atomic E-state index is 12.3. The van der Waals surface area contributed by atoms with Gasteiger partial charge >= 0.3 is 0 Å². The van der Waals surface area contributed by atoms with Crippen LogP contribution in [-0.2, 0) is 10.5 Å². The van der Waals surface area contributed by atoms with E-state index in [1.54, 1.807) is 16.7 Å². The van der Waals surface area contributed by atoms with Gasteiger partial charge in [-0.2, -0.15) is 10.5 Å². The SMILES string of the molecule is N#CCCN(CCC#N)C(=O)CSC1=Nc2ccccc2CS1. The maximum atomic E-state index is 12.3. The van der Waals surface area contributed by atoms with Gasteiger partial charge in [0.15, 0.2) is 0 Å². The first-order chi connectivity index (χ1) is 11.2. The van der Waals surface area contributed by atoms with Crippen LogP contribution < -0.4 is 0 Å². The summed E-state index contributed by atoms with van der Waals surface area (Å²) in [7, 11) is 0. The molecule has 5 nitrogen and oxygen atoms in total. The van der Waals surface area contributed by atoms with Gasteiger partial charge in [-0.05, 0) is 11.6 Å². The van der Waals surface area contributed by atoms with Gasteiger partial charge in [0.2, 0.25) is 5.91 Å². The molecule has 0 unspecified atom stereocenters. The molecule has 0 bridgehead atoms. The highest BCUT2D eigenvalue weighted by atomic mass is 32.2. The van der Waals surface area contributed by atoms with Gasteiger partial charge in [0.1, 0.15) is 4.38 Å². The van der Waals surface area contributed by atoms with Crippen molar-refractivity contribution in [2.24, 2.45) is 4.99 Å². The van der Waals surface area contributed by atoms with Crippen molar-refractivity contribution >= 4 is 39.5 Å². The van der Waals surface area contributed by atoms with Gasteiger partial charge in [-0.3, -0.25) is 4.79 Å². The van der Waals surface area contributed by atoms with E-state index in [9.17, 15) is 4.79 Å². The number of para-hydroxylation sites is 1. The Morgan fingerprint density at radius 1 is 1.26 bits per heavy atom. The number of rotatable bonds is 6. The second-order valence-corrected chi connectivity index (χ2v) is 6.97. The van der Waals surface area contributed by atoms with Crippen molar-refractivity contribution in [2.75, 3.05) is 18.8 Å². The number of thioether (sulfide) groups is 2. The van der Waals surface area contributed by atoms with E-state index >= 15 is 0 Å². The van der Waals surface area contributed by atoms with Crippen molar-refractivity contribution in [3.63, 3.8) is 0 Å². The van der Waals surface area contributed by atoms with Crippen LogP contribution in [0.15, 0.2) is 29.3 Å². The van der Waals surface area contributed by atoms with Crippen molar-refractivity contribution in [1.82, 2.24) is 4.90 Å². The molecule has 0 aromatic heterocycles. The summed E-state index contributed by atoms with van der Waals surface area (Å²) in [5.74, 6) is 1.09. The lowest BCUT2D eigenvalue weighted by atomic mass is 10.2. The van der Waals surface area contributed by atoms with Crippen LogP contribution in [0.2, 0.25) is 0 Å². The standard InChI is InChI=1S/C16H16N4OS2/c17-7-3-9-20(10-4-8-18)15(21)12-23-16-19-14-6-2-1-5-13(14)11-22-16/h1-2,5-6H,3-4,9-12H2. The van der Waals surface area contributed by atoms with E-state index in [0.717, 1.165) is 15.8 Å². The molecule has 0 N–H and O–H groups in total. The van der Waals surface area contributed by atoms with Crippen LogP contribution in [0.4, 0.5) is 5.69 Å². The molecule has 0 atom stereocenters. The molecule has 7 heteroatoms. The number of amides is 1. The summed E-state index contributed by atoms with van der Waals surface area (Å²) in [4.78, 5) is 18.4. The Kier molecular flexibility index (Phi) is 6.99. The summed E-state index contributed by atoms with van der Waals surface area (Å²) >= 11 is 3.05. The van der Waals surface area contributed by atoms with Crippen molar-refractivity contribution in [2.45, 2.75) is 18.6 Å². The lowest BCUT2D eigenvalue weighted by molar-refractivity contribution is -0.128. The molecular weight excluding hydrogens is 328 g/mol. The summed E-state index contributed by atoms with van der Waals surface area (Å²) in [6.07, 6.45) is 0.565. The molecule has 1 amide bonds. The number of nitrogens with zero attached hydrogens (tertiary/aromatic N) is 4. The lowest BCUT2D eigenvalue weighted by Gasteiger charge is -2.20. The first-order valence-electron chi connectivity index (χ1n) is 7.18. The molecule has 0 spiro atoms. The van der Waals surface area contributed by atoms with E-state index in [2.05, 4.69) is 11.1 Å². The van der Waals surface area contributed by atoms with E-state index in [-0.39, 0.29) is 24.5 Å². The first kappa shape index (κ1) is 17.4. The van der Waals surface area contributed by atoms with E-state index in [4.69, 9.17) is 10.5 Å². The first-order valence-corrected chi connectivity index (χ1v) is 9.15. The predicted octanol–water partition coefficient (Wildman–Crippen LogP) is 3.31. The Balaban J connectivity index is 1.91. The number of benzene rings is 1. The van der Waals surface area contributed by atoms with E-state index in [1.165, 1.54) is 17.3 Å². The fourth-order valence-corrected chi connectivity index (χ4v) is 4.00. The highest BCUT2D eigenvalue weighted by Crippen LogP contribution is 2.34. The third kappa shape index (κ3) is 5.31. The third-order valence-corrected chi connectivity index (χ3v) is 5.44. The zero-order valence-corrected chi connectivity index (χ0v) is 14.2. The van der Waals surface area contributed by atoms with Gasteiger partial charge < -0.3 is 4.90 Å². The molecule has 0 saturated carbocycles. The molecule has 1 aromatic rings. The second-order valence-electron chi connectivity index (χ2n) is 4.78. The van der Waals surface area contributed by atoms with Crippen molar-refractivity contribution in [1.29, 1.82) is 10.5 Å². The van der Waals surface area contributed by atoms with Crippen LogP contribution in [-0.4, -0.2) is 34.0 Å². The van der Waals surface area contributed by atoms with Crippen LogP contribution in [0.3, 0.4) is 0 Å². The molecule has 1 aromatic carbocycles. The Morgan fingerprint density at radius 2 is 1.96 bits per heavy atom. The molecule has 0 fully saturated rings. The van der Waals surface area contributed by atoms with Gasteiger partial charge in [0, 0.05) is 18.8 Å². The normalized spacial score (nSPS) is 12.5. The number of carbonyl (C=O) groups is 1. The topological polar surface area (TPSA) is 80.2 Å². The molecule has 0 aliphatic carbocycles. The molecule has 2 rings (SSSR count). The highest BCUT2D eigenvalue weighted by molar-refractivity contribution is 8.38. The summed E-state index contributed by atoms with van der Waals surface area (Å²) in [5.41, 5.74) is 2.17. The summed E-state index contributed by atoms with van der Waals surface area (Å²) in [6, 6.07) is 12.1. The Morgan fingerprint density at radius 3 is 2.65 bits per heavy atom. The van der Waals surface area contributed by atoms with Crippen LogP contribution in [0.5, 0.6) is 0 Å². The fraction of sp³-hybridized carbons (Fsp3) is 0.375. The minimum absolute atomic E-state index is 0.0531. The van der Waals surface area contributed by atoms with Gasteiger partial charge in [-0.15, -0.1) is 0 Å². The van der Waals surface area contributed by atoms with E-state index in [1.807, 2.05) is 30.3 Å². The molecule has 1 heterocycles. The quantitative estimate of drug-likeness (QED) is 0.791. The predicted molar refractivity (Wildman–Crippen MR) is 94.3 cm³/mol. The lowest BCUT2D eigenvalue weighted by Crippen LogP contribution is -2.34. The molecule has 0 saturated heterocycles. The van der Waals surface area contributed by atoms with E-state index < -0.39 is 0 Å². The van der Waals surface area contributed by atoms with Crippen LogP contribution in [0, 0.1) is 22.7 Å². The van der Waals surface area contributed by atoms with Crippen molar-refractivity contribution < 1.29 is 4.79 Å². The third-order valence-electron chi connectivity index (χ3n) is 3.21. The minimum atomic E-state index is -0.0531. The number of hydrogen-bond acceptors (Lipinski definition) is 6. The number of fused-ring (bicyclic) bond motifs is 1. The molecule has 1 aliphatic rings. The van der Waals surface area contributed by atoms with Gasteiger partial charge in [-0.1, -0.05) is 41.7 Å². The molecule has 118 valence electrons. The van der Waals surface area contributed by atoms with Crippen molar-refractivity contribution in [3.8, 4) is 12.1 Å². The minimum Gasteiger partial charge on any atom is -0.340 e. The smallest absolute Gasteiger partial charge is 0.233 e. The molecule has 1 aliphatic heterocycles. The molecule has 23 heavy (non-hydrogen) atoms. The number of hydrogen-bond donors (Lipinski definition) is 0. The largest absolute Gasteiger partial charge is 0.340 e. The van der Waals surface area contributed by atoms with Gasteiger partial charge in [-0.25, -0.2) is 4.99 Å².